The maximum Gasteiger partial charge on any atom is 0.0719 e. The monoisotopic (exact) mass is 172 g/mol. The molecule has 0 radical (unpaired) electrons. The highest BCUT2D eigenvalue weighted by atomic mass is 16.5. The van der Waals surface area contributed by atoms with E-state index in [0.29, 0.717) is 6.61 Å². The molecule has 0 aromatic heterocycles. The maximum atomic E-state index is 5.12. The Labute approximate surface area is 78.3 Å². The first-order valence-corrected chi connectivity index (χ1v) is 4.37. The van der Waals surface area contributed by atoms with Gasteiger partial charge in [-0.1, -0.05) is 42.5 Å². The number of ether oxygens (including phenoxy) is 1. The molecule has 0 fully saturated rings. The van der Waals surface area contributed by atoms with Crippen molar-refractivity contribution in [2.45, 2.75) is 6.61 Å². The summed E-state index contributed by atoms with van der Waals surface area (Å²) in [4.78, 5) is 0. The minimum Gasteiger partial charge on any atom is -0.380 e. The van der Waals surface area contributed by atoms with E-state index < -0.39 is 0 Å². The van der Waals surface area contributed by atoms with Crippen LogP contribution < -0.4 is 0 Å². The molecule has 0 saturated heterocycles. The first kappa shape index (κ1) is 8.27. The smallest absolute Gasteiger partial charge is 0.0719 e. The Morgan fingerprint density at radius 2 is 1.85 bits per heavy atom. The predicted octanol–water partition coefficient (Wildman–Crippen LogP) is 2.94. The van der Waals surface area contributed by atoms with Crippen molar-refractivity contribution in [2.24, 2.45) is 0 Å². The molecule has 0 aromatic carbocycles. The average molecular weight is 172 g/mol. The summed E-state index contributed by atoms with van der Waals surface area (Å²) in [5.41, 5.74) is 3.82. The van der Waals surface area contributed by atoms with Crippen LogP contribution in [0.5, 0.6) is 0 Å². The van der Waals surface area contributed by atoms with Crippen molar-refractivity contribution in [3.63, 3.8) is 0 Å². The molecule has 0 spiro atoms. The Morgan fingerprint density at radius 3 is 2.69 bits per heavy atom. The van der Waals surface area contributed by atoms with E-state index in [1.165, 1.54) is 16.7 Å². The molecule has 1 heteroatoms. The summed E-state index contributed by atoms with van der Waals surface area (Å²) in [6.07, 6.45) is 0. The van der Waals surface area contributed by atoms with Crippen molar-refractivity contribution in [1.82, 2.24) is 0 Å². The fourth-order valence-electron chi connectivity index (χ4n) is 1.56. The van der Waals surface area contributed by atoms with Crippen LogP contribution in [-0.4, -0.2) is 7.11 Å². The number of fused-ring (bicyclic) bond motifs is 1. The lowest BCUT2D eigenvalue weighted by Crippen LogP contribution is -1.85. The van der Waals surface area contributed by atoms with E-state index in [9.17, 15) is 0 Å². The first-order valence-electron chi connectivity index (χ1n) is 4.37. The molecule has 0 unspecified atom stereocenters. The second-order valence-corrected chi connectivity index (χ2v) is 3.07. The van der Waals surface area contributed by atoms with E-state index in [1.807, 2.05) is 6.07 Å². The Morgan fingerprint density at radius 1 is 1.00 bits per heavy atom. The third-order valence-electron chi connectivity index (χ3n) is 2.18. The average Bonchev–Trinajstić information content (AvgIpc) is 2.38. The minimum absolute atomic E-state index is 0.688. The molecule has 0 aromatic rings. The summed E-state index contributed by atoms with van der Waals surface area (Å²) in [6.45, 7) is 0.688. The lowest BCUT2D eigenvalue weighted by Gasteiger charge is -1.98. The van der Waals surface area contributed by atoms with Crippen LogP contribution in [0.1, 0.15) is 5.56 Å². The maximum absolute atomic E-state index is 5.12. The van der Waals surface area contributed by atoms with Crippen LogP contribution in [0.15, 0.2) is 42.5 Å². The summed E-state index contributed by atoms with van der Waals surface area (Å²) >= 11 is 0. The molecular weight excluding hydrogens is 160 g/mol. The second kappa shape index (κ2) is 3.58. The third kappa shape index (κ3) is 1.56. The molecule has 0 saturated carbocycles. The lowest BCUT2D eigenvalue weighted by atomic mass is 10.1. The Kier molecular flexibility index (Phi) is 2.28. The molecule has 1 nitrogen and oxygen atoms in total. The molecular formula is C12H12O. The molecule has 0 atom stereocenters. The molecule has 0 heterocycles. The van der Waals surface area contributed by atoms with Gasteiger partial charge in [-0.3, -0.25) is 0 Å². The van der Waals surface area contributed by atoms with Gasteiger partial charge in [0.1, 0.15) is 0 Å². The van der Waals surface area contributed by atoms with Crippen LogP contribution >= 0.6 is 0 Å². The number of methoxy groups -OCH3 is 1. The Balaban J connectivity index is 2.49. The third-order valence-corrected chi connectivity index (χ3v) is 2.18. The molecule has 2 rings (SSSR count). The van der Waals surface area contributed by atoms with Gasteiger partial charge in [-0.15, -0.1) is 0 Å². The minimum atomic E-state index is 0.688. The van der Waals surface area contributed by atoms with Crippen LogP contribution in [0, 0.1) is 0 Å². The molecule has 0 N–H and O–H groups in total. The van der Waals surface area contributed by atoms with Crippen LogP contribution in [0.2, 0.25) is 0 Å². The van der Waals surface area contributed by atoms with Crippen molar-refractivity contribution >= 4 is 0 Å². The fourth-order valence-corrected chi connectivity index (χ4v) is 1.56. The topological polar surface area (TPSA) is 9.23 Å². The van der Waals surface area contributed by atoms with Crippen LogP contribution in [0.25, 0.3) is 11.1 Å². The van der Waals surface area contributed by atoms with Gasteiger partial charge in [-0.25, -0.2) is 0 Å². The second-order valence-electron chi connectivity index (χ2n) is 3.07. The quantitative estimate of drug-likeness (QED) is 0.676. The van der Waals surface area contributed by atoms with E-state index >= 15 is 0 Å². The Bertz CT molecular complexity index is 368. The predicted molar refractivity (Wildman–Crippen MR) is 53.8 cm³/mol. The normalized spacial score (nSPS) is 10.5. The highest BCUT2D eigenvalue weighted by Gasteiger charge is 2.05. The van der Waals surface area contributed by atoms with Gasteiger partial charge in [-0.05, 0) is 16.7 Å². The van der Waals surface area contributed by atoms with Crippen molar-refractivity contribution in [3.8, 4) is 11.1 Å². The van der Waals surface area contributed by atoms with Gasteiger partial charge in [0.2, 0.25) is 0 Å². The number of rotatable bonds is 2. The number of hydrogen-bond donors (Lipinski definition) is 0. The summed E-state index contributed by atoms with van der Waals surface area (Å²) in [5.74, 6) is 0. The van der Waals surface area contributed by atoms with Gasteiger partial charge in [0.25, 0.3) is 0 Å². The zero-order valence-electron chi connectivity index (χ0n) is 7.66. The van der Waals surface area contributed by atoms with Gasteiger partial charge in [0, 0.05) is 7.11 Å². The molecule has 2 aliphatic rings. The summed E-state index contributed by atoms with van der Waals surface area (Å²) in [6, 6.07) is 14.6. The van der Waals surface area contributed by atoms with Crippen molar-refractivity contribution < 1.29 is 4.74 Å². The standard InChI is InChI=1S/C12H12O/c1-13-9-11-8-7-10-5-3-2-4-6-12(10)11/h2-8H,9H2,1H3. The van der Waals surface area contributed by atoms with Crippen molar-refractivity contribution in [2.75, 3.05) is 7.11 Å². The van der Waals surface area contributed by atoms with Crippen LogP contribution in [0.4, 0.5) is 0 Å². The van der Waals surface area contributed by atoms with Gasteiger partial charge < -0.3 is 4.74 Å². The lowest BCUT2D eigenvalue weighted by molar-refractivity contribution is 0.185. The van der Waals surface area contributed by atoms with Crippen molar-refractivity contribution in [3.05, 3.63) is 48.0 Å². The molecule has 0 bridgehead atoms. The largest absolute Gasteiger partial charge is 0.380 e. The molecule has 0 amide bonds. The van der Waals surface area contributed by atoms with Gasteiger partial charge in [0.05, 0.1) is 6.61 Å². The molecule has 0 aliphatic heterocycles. The van der Waals surface area contributed by atoms with E-state index in [0.717, 1.165) is 0 Å². The van der Waals surface area contributed by atoms with Gasteiger partial charge in [0.15, 0.2) is 0 Å². The summed E-state index contributed by atoms with van der Waals surface area (Å²) in [7, 11) is 1.72. The highest BCUT2D eigenvalue weighted by Crippen LogP contribution is 2.26. The number of hydrogen-bond acceptors (Lipinski definition) is 1. The van der Waals surface area contributed by atoms with E-state index in [-0.39, 0.29) is 0 Å². The zero-order valence-corrected chi connectivity index (χ0v) is 7.66. The molecule has 13 heavy (non-hydrogen) atoms. The van der Waals surface area contributed by atoms with E-state index in [4.69, 9.17) is 4.74 Å². The highest BCUT2D eigenvalue weighted by molar-refractivity contribution is 5.70. The van der Waals surface area contributed by atoms with E-state index in [2.05, 4.69) is 36.4 Å². The van der Waals surface area contributed by atoms with Gasteiger partial charge >= 0.3 is 0 Å². The van der Waals surface area contributed by atoms with Crippen LogP contribution in [0.3, 0.4) is 0 Å². The fraction of sp³-hybridized carbons (Fsp3) is 0.167. The zero-order chi connectivity index (χ0) is 9.10. The molecule has 66 valence electrons. The summed E-state index contributed by atoms with van der Waals surface area (Å²) in [5, 5.41) is 0. The Hall–Kier alpha value is -1.34. The van der Waals surface area contributed by atoms with Crippen molar-refractivity contribution in [1.29, 1.82) is 0 Å². The summed E-state index contributed by atoms with van der Waals surface area (Å²) < 4.78 is 5.12. The van der Waals surface area contributed by atoms with Crippen LogP contribution in [-0.2, 0) is 11.3 Å². The molecule has 2 aliphatic carbocycles. The van der Waals surface area contributed by atoms with E-state index in [1.54, 1.807) is 7.11 Å². The first-order chi connectivity index (χ1) is 6.42. The van der Waals surface area contributed by atoms with Gasteiger partial charge in [-0.2, -0.15) is 0 Å². The SMILES string of the molecule is COCc1ccc2cccccc1-2.